The van der Waals surface area contributed by atoms with Crippen LogP contribution in [-0.2, 0) is 11.8 Å². The highest BCUT2D eigenvalue weighted by atomic mass is 16.5. The minimum atomic E-state index is -0.120. The number of benzene rings is 2. The van der Waals surface area contributed by atoms with Crippen molar-refractivity contribution in [2.45, 2.75) is 69.4 Å². The fourth-order valence-corrected chi connectivity index (χ4v) is 5.88. The van der Waals surface area contributed by atoms with Gasteiger partial charge in [-0.05, 0) is 87.5 Å². The maximum atomic E-state index is 12.7. The molecule has 184 valence electrons. The van der Waals surface area contributed by atoms with E-state index in [2.05, 4.69) is 53.8 Å². The molecule has 2 aromatic rings. The Hall–Kier alpha value is -2.73. The number of amides is 2. The SMILES string of the molecule is CCCCc1ccc(NC(=O)NC2CCC3(c4ccc(OC)c(OC)c4)CCN(C)C3C2)cc1. The molecular formula is C28H39N3O3. The Labute approximate surface area is 204 Å². The van der Waals surface area contributed by atoms with E-state index < -0.39 is 0 Å². The number of rotatable bonds is 8. The largest absolute Gasteiger partial charge is 0.493 e. The quantitative estimate of drug-likeness (QED) is 0.551. The van der Waals surface area contributed by atoms with Gasteiger partial charge < -0.3 is 25.0 Å². The molecule has 6 heteroatoms. The van der Waals surface area contributed by atoms with Crippen LogP contribution in [0.1, 0.15) is 56.6 Å². The molecule has 1 aliphatic heterocycles. The van der Waals surface area contributed by atoms with Gasteiger partial charge in [-0.1, -0.05) is 31.5 Å². The molecule has 0 spiro atoms. The summed E-state index contributed by atoms with van der Waals surface area (Å²) in [5.41, 5.74) is 3.55. The normalized spacial score (nSPS) is 24.4. The third-order valence-electron chi connectivity index (χ3n) is 7.85. The van der Waals surface area contributed by atoms with Gasteiger partial charge in [0.05, 0.1) is 14.2 Å². The number of likely N-dealkylation sites (N-methyl/N-ethyl adjacent to an activating group) is 1. The van der Waals surface area contributed by atoms with E-state index in [1.54, 1.807) is 14.2 Å². The Morgan fingerprint density at radius 3 is 2.56 bits per heavy atom. The average molecular weight is 466 g/mol. The van der Waals surface area contributed by atoms with Crippen molar-refractivity contribution in [2.24, 2.45) is 0 Å². The van der Waals surface area contributed by atoms with Gasteiger partial charge in [0.1, 0.15) is 0 Å². The first-order valence-corrected chi connectivity index (χ1v) is 12.6. The van der Waals surface area contributed by atoms with Crippen LogP contribution in [0.5, 0.6) is 11.5 Å². The summed E-state index contributed by atoms with van der Waals surface area (Å²) in [6, 6.07) is 15.0. The summed E-state index contributed by atoms with van der Waals surface area (Å²) in [5.74, 6) is 1.54. The molecule has 4 rings (SSSR count). The number of likely N-dealkylation sites (tertiary alicyclic amines) is 1. The standard InChI is InChI=1S/C28H39N3O3/c1-5-6-7-20-8-11-22(12-9-20)29-27(32)30-23-14-15-28(16-17-31(2)26(28)19-23)21-10-13-24(33-3)25(18-21)34-4/h8-13,18,23,26H,5-7,14-17,19H2,1-4H3,(H2,29,30,32). The second-order valence-electron chi connectivity index (χ2n) is 9.84. The van der Waals surface area contributed by atoms with Crippen LogP contribution in [0.3, 0.4) is 0 Å². The lowest BCUT2D eigenvalue weighted by Crippen LogP contribution is -2.52. The van der Waals surface area contributed by atoms with E-state index in [1.807, 2.05) is 18.2 Å². The molecule has 0 bridgehead atoms. The molecule has 3 unspecified atom stereocenters. The first kappa shape index (κ1) is 24.4. The fourth-order valence-electron chi connectivity index (χ4n) is 5.88. The molecule has 2 N–H and O–H groups in total. The zero-order valence-corrected chi connectivity index (χ0v) is 21.0. The van der Waals surface area contributed by atoms with Crippen LogP contribution >= 0.6 is 0 Å². The average Bonchev–Trinajstić information content (AvgIpc) is 3.20. The molecule has 1 aliphatic carbocycles. The predicted octanol–water partition coefficient (Wildman–Crippen LogP) is 5.36. The highest BCUT2D eigenvalue weighted by Gasteiger charge is 2.50. The minimum absolute atomic E-state index is 0.0806. The van der Waals surface area contributed by atoms with Crippen LogP contribution < -0.4 is 20.1 Å². The predicted molar refractivity (Wildman–Crippen MR) is 137 cm³/mol. The van der Waals surface area contributed by atoms with Gasteiger partial charge in [0, 0.05) is 23.2 Å². The number of hydrogen-bond acceptors (Lipinski definition) is 4. The number of ether oxygens (including phenoxy) is 2. The zero-order chi connectivity index (χ0) is 24.1. The van der Waals surface area contributed by atoms with Gasteiger partial charge in [-0.2, -0.15) is 0 Å². The van der Waals surface area contributed by atoms with Crippen LogP contribution in [-0.4, -0.2) is 50.8 Å². The van der Waals surface area contributed by atoms with Crippen LogP contribution in [0.2, 0.25) is 0 Å². The Morgan fingerprint density at radius 1 is 1.09 bits per heavy atom. The van der Waals surface area contributed by atoms with E-state index in [0.29, 0.717) is 6.04 Å². The number of hydrogen-bond donors (Lipinski definition) is 2. The lowest BCUT2D eigenvalue weighted by molar-refractivity contribution is 0.156. The summed E-state index contributed by atoms with van der Waals surface area (Å²) in [5, 5.41) is 6.26. The lowest BCUT2D eigenvalue weighted by atomic mass is 9.65. The summed E-state index contributed by atoms with van der Waals surface area (Å²) < 4.78 is 11.0. The smallest absolute Gasteiger partial charge is 0.319 e. The molecule has 2 amide bonds. The van der Waals surface area contributed by atoms with Gasteiger partial charge in [-0.15, -0.1) is 0 Å². The lowest BCUT2D eigenvalue weighted by Gasteiger charge is -2.45. The number of unbranched alkanes of at least 4 members (excludes halogenated alkanes) is 1. The highest BCUT2D eigenvalue weighted by molar-refractivity contribution is 5.89. The monoisotopic (exact) mass is 465 g/mol. The van der Waals surface area contributed by atoms with Crippen molar-refractivity contribution in [3.63, 3.8) is 0 Å². The molecule has 6 nitrogen and oxygen atoms in total. The van der Waals surface area contributed by atoms with Gasteiger partial charge in [-0.25, -0.2) is 4.79 Å². The van der Waals surface area contributed by atoms with E-state index in [-0.39, 0.29) is 17.5 Å². The second-order valence-corrected chi connectivity index (χ2v) is 9.84. The summed E-state index contributed by atoms with van der Waals surface area (Å²) in [6.07, 6.45) is 7.52. The van der Waals surface area contributed by atoms with Gasteiger partial charge >= 0.3 is 6.03 Å². The van der Waals surface area contributed by atoms with Crippen molar-refractivity contribution in [2.75, 3.05) is 33.1 Å². The number of aryl methyl sites for hydroxylation is 1. The van der Waals surface area contributed by atoms with E-state index >= 15 is 0 Å². The topological polar surface area (TPSA) is 62.8 Å². The van der Waals surface area contributed by atoms with E-state index in [4.69, 9.17) is 9.47 Å². The molecule has 0 aromatic heterocycles. The number of urea groups is 1. The summed E-state index contributed by atoms with van der Waals surface area (Å²) in [7, 11) is 5.57. The van der Waals surface area contributed by atoms with Crippen molar-refractivity contribution < 1.29 is 14.3 Å². The summed E-state index contributed by atoms with van der Waals surface area (Å²) in [6.45, 7) is 3.26. The maximum absolute atomic E-state index is 12.7. The van der Waals surface area contributed by atoms with Crippen molar-refractivity contribution in [1.29, 1.82) is 0 Å². The molecule has 2 aromatic carbocycles. The molecule has 3 atom stereocenters. The zero-order valence-electron chi connectivity index (χ0n) is 21.0. The number of nitrogens with zero attached hydrogens (tertiary/aromatic N) is 1. The summed E-state index contributed by atoms with van der Waals surface area (Å²) in [4.78, 5) is 15.2. The third-order valence-corrected chi connectivity index (χ3v) is 7.85. The van der Waals surface area contributed by atoms with E-state index in [0.717, 1.165) is 55.8 Å². The molecule has 34 heavy (non-hydrogen) atoms. The Kier molecular flexibility index (Phi) is 7.67. The number of methoxy groups -OCH3 is 2. The maximum Gasteiger partial charge on any atom is 0.319 e. The summed E-state index contributed by atoms with van der Waals surface area (Å²) >= 11 is 0. The second kappa shape index (κ2) is 10.7. The molecule has 1 saturated carbocycles. The molecule has 2 aliphatic rings. The number of fused-ring (bicyclic) bond motifs is 1. The molecule has 1 heterocycles. The first-order chi connectivity index (χ1) is 16.5. The van der Waals surface area contributed by atoms with Crippen molar-refractivity contribution >= 4 is 11.7 Å². The van der Waals surface area contributed by atoms with Crippen molar-refractivity contribution in [3.8, 4) is 11.5 Å². The van der Waals surface area contributed by atoms with E-state index in [1.165, 1.54) is 24.0 Å². The van der Waals surface area contributed by atoms with Gasteiger partial charge in [0.25, 0.3) is 0 Å². The van der Waals surface area contributed by atoms with Crippen LogP contribution in [0.25, 0.3) is 0 Å². The highest BCUT2D eigenvalue weighted by Crippen LogP contribution is 2.49. The number of carbonyl (C=O) groups excluding carboxylic acids is 1. The number of carbonyl (C=O) groups is 1. The molecule has 2 fully saturated rings. The fraction of sp³-hybridized carbons (Fsp3) is 0.536. The van der Waals surface area contributed by atoms with Crippen LogP contribution in [0.4, 0.5) is 10.5 Å². The Morgan fingerprint density at radius 2 is 1.85 bits per heavy atom. The van der Waals surface area contributed by atoms with Crippen LogP contribution in [0, 0.1) is 0 Å². The Balaban J connectivity index is 1.41. The number of anilines is 1. The Bertz CT molecular complexity index is 977. The van der Waals surface area contributed by atoms with Crippen LogP contribution in [0.15, 0.2) is 42.5 Å². The number of nitrogens with one attached hydrogen (secondary N) is 2. The molecular weight excluding hydrogens is 426 g/mol. The van der Waals surface area contributed by atoms with Gasteiger partial charge in [-0.3, -0.25) is 0 Å². The minimum Gasteiger partial charge on any atom is -0.493 e. The van der Waals surface area contributed by atoms with Crippen molar-refractivity contribution in [3.05, 3.63) is 53.6 Å². The van der Waals surface area contributed by atoms with E-state index in [9.17, 15) is 4.79 Å². The third kappa shape index (κ3) is 5.02. The molecule has 0 radical (unpaired) electrons. The van der Waals surface area contributed by atoms with Gasteiger partial charge in [0.15, 0.2) is 11.5 Å². The first-order valence-electron chi connectivity index (χ1n) is 12.6. The van der Waals surface area contributed by atoms with Gasteiger partial charge in [0.2, 0.25) is 0 Å². The van der Waals surface area contributed by atoms with Crippen molar-refractivity contribution in [1.82, 2.24) is 10.2 Å². The molecule has 1 saturated heterocycles.